The van der Waals surface area contributed by atoms with Crippen molar-refractivity contribution in [3.63, 3.8) is 0 Å². The average Bonchev–Trinajstić information content (AvgIpc) is 3.02. The van der Waals surface area contributed by atoms with E-state index in [2.05, 4.69) is 93.6 Å². The molecule has 0 aliphatic heterocycles. The fraction of sp³-hybridized carbons (Fsp3) is 0.550. The Morgan fingerprint density at radius 1 is 0.535 bits per heavy atom. The van der Waals surface area contributed by atoms with Crippen LogP contribution in [0.2, 0.25) is 0 Å². The number of aryl methyl sites for hydroxylation is 2. The molecule has 2 rings (SSSR count). The van der Waals surface area contributed by atoms with Gasteiger partial charge >= 0.3 is 0 Å². The van der Waals surface area contributed by atoms with Crippen molar-refractivity contribution < 1.29 is 16.5 Å². The van der Waals surface area contributed by atoms with Gasteiger partial charge in [0.1, 0.15) is 0 Å². The first kappa shape index (κ1) is 38.8. The maximum Gasteiger partial charge on any atom is 0.0665 e. The van der Waals surface area contributed by atoms with Gasteiger partial charge in [-0.2, -0.15) is 0 Å². The first-order valence-corrected chi connectivity index (χ1v) is 17.4. The van der Waals surface area contributed by atoms with Crippen LogP contribution in [0.25, 0.3) is 0 Å². The number of para-hydroxylation sites is 2. The molecule has 0 aliphatic carbocycles. The Balaban J connectivity index is 0.00000924. The zero-order valence-corrected chi connectivity index (χ0v) is 28.6. The van der Waals surface area contributed by atoms with E-state index >= 15 is 0 Å². The molecule has 2 aromatic carbocycles. The van der Waals surface area contributed by atoms with Crippen molar-refractivity contribution >= 4 is 23.3 Å². The van der Waals surface area contributed by atoms with E-state index in [1.54, 1.807) is 0 Å². The number of unbranched alkanes of at least 4 members (excludes halogenated alkanes) is 11. The third-order valence-corrected chi connectivity index (χ3v) is 7.80. The summed E-state index contributed by atoms with van der Waals surface area (Å²) in [6.07, 6.45) is 34.7. The van der Waals surface area contributed by atoms with E-state index in [1.165, 1.54) is 75.3 Å². The molecule has 0 aromatic heterocycles. The van der Waals surface area contributed by atoms with Crippen LogP contribution in [-0.2, 0) is 29.3 Å². The van der Waals surface area contributed by atoms with Crippen LogP contribution in [0, 0.1) is 0 Å². The Bertz CT molecular complexity index is 1070. The molecule has 0 heterocycles. The quantitative estimate of drug-likeness (QED) is 0.0479. The molecule has 0 atom stereocenters. The van der Waals surface area contributed by atoms with E-state index < -0.39 is 0 Å². The topological polar surface area (TPSA) is 24.7 Å². The minimum atomic E-state index is 0. The van der Waals surface area contributed by atoms with Crippen molar-refractivity contribution in [2.45, 2.75) is 143 Å². The molecule has 0 unspecified atom stereocenters. The maximum absolute atomic E-state index is 5.16. The van der Waals surface area contributed by atoms with Crippen LogP contribution < -0.4 is 0 Å². The van der Waals surface area contributed by atoms with Crippen molar-refractivity contribution in [1.82, 2.24) is 0 Å². The normalized spacial score (nSPS) is 12.1. The molecule has 43 heavy (non-hydrogen) atoms. The predicted octanol–water partition coefficient (Wildman–Crippen LogP) is 13.0. The van der Waals surface area contributed by atoms with Crippen LogP contribution in [0.15, 0.2) is 82.8 Å². The monoisotopic (exact) mass is 626 g/mol. The summed E-state index contributed by atoms with van der Waals surface area (Å²) in [5.41, 5.74) is 5.94. The van der Waals surface area contributed by atoms with Gasteiger partial charge in [0.25, 0.3) is 0 Å². The van der Waals surface area contributed by atoms with E-state index in [9.17, 15) is 0 Å². The van der Waals surface area contributed by atoms with Crippen LogP contribution in [-0.4, -0.2) is 11.9 Å². The second-order valence-electron chi connectivity index (χ2n) is 11.6. The van der Waals surface area contributed by atoms with E-state index in [1.807, 2.05) is 6.21 Å². The van der Waals surface area contributed by atoms with Crippen LogP contribution in [0.3, 0.4) is 0 Å². The summed E-state index contributed by atoms with van der Waals surface area (Å²) in [4.78, 5) is 10.1. The summed E-state index contributed by atoms with van der Waals surface area (Å²) in [6, 6.07) is 17.3. The molecule has 0 saturated heterocycles. The molecule has 0 saturated carbocycles. The smallest absolute Gasteiger partial charge is 0.0665 e. The van der Waals surface area contributed by atoms with Crippen molar-refractivity contribution in [1.29, 1.82) is 0 Å². The summed E-state index contributed by atoms with van der Waals surface area (Å²) in [5, 5.41) is 0. The van der Waals surface area contributed by atoms with Gasteiger partial charge in [0.15, 0.2) is 0 Å². The Hall–Kier alpha value is -2.25. The number of hydrogen-bond acceptors (Lipinski definition) is 2. The molecule has 0 amide bonds. The summed E-state index contributed by atoms with van der Waals surface area (Å²) >= 11 is 0. The maximum atomic E-state index is 5.16. The fourth-order valence-electron chi connectivity index (χ4n) is 5.16. The predicted molar refractivity (Wildman–Crippen MR) is 189 cm³/mol. The first-order valence-electron chi connectivity index (χ1n) is 17.4. The van der Waals surface area contributed by atoms with E-state index in [-0.39, 0.29) is 16.5 Å². The molecular formula is C40H60N2Ni. The third kappa shape index (κ3) is 18.9. The Labute approximate surface area is 275 Å². The molecule has 0 bridgehead atoms. The van der Waals surface area contributed by atoms with Gasteiger partial charge in [0.2, 0.25) is 0 Å². The molecular weight excluding hydrogens is 567 g/mol. The number of rotatable bonds is 24. The standard InChI is InChI=1S/C40H60N2.Ni/c1-4-7-10-12-14-16-18-20-22-28-36-30-24-26-33-39(36)41-35-38(32-9-6-3)42-40-34-27-25-31-37(40)29-23-21-19-17-15-13-11-8-5-2;/h16-19,24-27,30-31,33-35H,4-15,20-23,28-29,32H2,1-3H3;. The molecule has 2 aromatic rings. The second-order valence-corrected chi connectivity index (χ2v) is 11.6. The molecule has 0 N–H and O–H groups in total. The van der Waals surface area contributed by atoms with E-state index in [4.69, 9.17) is 9.98 Å². The van der Waals surface area contributed by atoms with Gasteiger partial charge in [0, 0.05) is 22.7 Å². The molecule has 3 heteroatoms. The van der Waals surface area contributed by atoms with Crippen molar-refractivity contribution in [3.8, 4) is 0 Å². The van der Waals surface area contributed by atoms with E-state index in [0.717, 1.165) is 74.9 Å². The van der Waals surface area contributed by atoms with Crippen molar-refractivity contribution in [3.05, 3.63) is 84.0 Å². The number of hydrogen-bond donors (Lipinski definition) is 0. The molecule has 240 valence electrons. The van der Waals surface area contributed by atoms with Crippen LogP contribution >= 0.6 is 0 Å². The fourth-order valence-corrected chi connectivity index (χ4v) is 5.16. The first-order chi connectivity index (χ1) is 20.8. The zero-order valence-electron chi connectivity index (χ0n) is 27.7. The number of allylic oxidation sites excluding steroid dienone is 4. The molecule has 0 radical (unpaired) electrons. The molecule has 0 spiro atoms. The van der Waals surface area contributed by atoms with Gasteiger partial charge in [-0.3, -0.25) is 9.98 Å². The summed E-state index contributed by atoms with van der Waals surface area (Å²) in [5.74, 6) is 0. The minimum Gasteiger partial charge on any atom is -0.255 e. The SMILES string of the molecule is CCCCCCC=CCCCc1ccccc1N=CC(CCCC)=Nc1ccccc1CCCC=CCCCCCC.[Ni]. The Kier molecular flexibility index (Phi) is 24.6. The Morgan fingerprint density at radius 2 is 1.00 bits per heavy atom. The van der Waals surface area contributed by atoms with Crippen LogP contribution in [0.1, 0.15) is 141 Å². The second kappa shape index (κ2) is 27.3. The van der Waals surface area contributed by atoms with Crippen LogP contribution in [0.5, 0.6) is 0 Å². The van der Waals surface area contributed by atoms with E-state index in [0.29, 0.717) is 0 Å². The van der Waals surface area contributed by atoms with Gasteiger partial charge in [-0.05, 0) is 100 Å². The van der Waals surface area contributed by atoms with Crippen LogP contribution in [0.4, 0.5) is 11.4 Å². The van der Waals surface area contributed by atoms with Gasteiger partial charge in [-0.15, -0.1) is 0 Å². The number of benzene rings is 2. The number of aliphatic imine (C=N–C) groups is 2. The Morgan fingerprint density at radius 3 is 1.53 bits per heavy atom. The van der Waals surface area contributed by atoms with Crippen molar-refractivity contribution in [2.75, 3.05) is 0 Å². The number of nitrogens with zero attached hydrogens (tertiary/aromatic N) is 2. The van der Waals surface area contributed by atoms with Gasteiger partial charge in [-0.25, -0.2) is 0 Å². The largest absolute Gasteiger partial charge is 0.255 e. The molecule has 0 aliphatic rings. The van der Waals surface area contributed by atoms with Gasteiger partial charge in [-0.1, -0.05) is 126 Å². The zero-order chi connectivity index (χ0) is 29.9. The van der Waals surface area contributed by atoms with Gasteiger partial charge in [0.05, 0.1) is 17.1 Å². The molecule has 0 fully saturated rings. The summed E-state index contributed by atoms with van der Waals surface area (Å²) in [6.45, 7) is 6.79. The average molecular weight is 628 g/mol. The van der Waals surface area contributed by atoms with Gasteiger partial charge < -0.3 is 0 Å². The minimum absolute atomic E-state index is 0. The van der Waals surface area contributed by atoms with Crippen molar-refractivity contribution in [2.24, 2.45) is 9.98 Å². The summed E-state index contributed by atoms with van der Waals surface area (Å²) < 4.78 is 0. The molecule has 2 nitrogen and oxygen atoms in total. The third-order valence-electron chi connectivity index (χ3n) is 7.80. The summed E-state index contributed by atoms with van der Waals surface area (Å²) in [7, 11) is 0.